The van der Waals surface area contributed by atoms with Crippen LogP contribution in [0.15, 0.2) is 49.2 Å². The summed E-state index contributed by atoms with van der Waals surface area (Å²) >= 11 is 0. The Morgan fingerprint density at radius 1 is 1.15 bits per heavy atom. The highest BCUT2D eigenvalue weighted by molar-refractivity contribution is 6.14. The van der Waals surface area contributed by atoms with Crippen molar-refractivity contribution in [3.8, 4) is 11.3 Å². The van der Waals surface area contributed by atoms with Gasteiger partial charge in [0.25, 0.3) is 0 Å². The summed E-state index contributed by atoms with van der Waals surface area (Å²) in [5.41, 5.74) is 3.71. The number of nitrogens with one attached hydrogen (secondary N) is 2. The first kappa shape index (κ1) is 26.8. The fraction of sp³-hybridized carbons (Fsp3) is 0.483. The molecule has 10 nitrogen and oxygen atoms in total. The van der Waals surface area contributed by atoms with Crippen molar-refractivity contribution < 1.29 is 14.3 Å². The molecule has 0 spiro atoms. The van der Waals surface area contributed by atoms with E-state index in [1.165, 1.54) is 0 Å². The summed E-state index contributed by atoms with van der Waals surface area (Å²) in [5.74, 6) is 0. The molecule has 2 saturated heterocycles. The van der Waals surface area contributed by atoms with E-state index in [0.29, 0.717) is 18.8 Å². The zero-order valence-corrected chi connectivity index (χ0v) is 22.9. The SMILES string of the molecule is CC(C)(C)OC(=O)N1CCC(n2cc(C(=N)c3cc(-c4cccnc4)ncc3NC3CCCCO3)cn2)CC1. The van der Waals surface area contributed by atoms with Gasteiger partial charge in [-0.05, 0) is 71.1 Å². The van der Waals surface area contributed by atoms with Crippen LogP contribution in [0.1, 0.15) is 70.0 Å². The average molecular weight is 532 g/mol. The number of rotatable bonds is 6. The smallest absolute Gasteiger partial charge is 0.410 e. The number of pyridine rings is 2. The summed E-state index contributed by atoms with van der Waals surface area (Å²) in [4.78, 5) is 23.1. The van der Waals surface area contributed by atoms with Gasteiger partial charge in [-0.25, -0.2) is 4.79 Å². The lowest BCUT2D eigenvalue weighted by molar-refractivity contribution is 0.0184. The molecule has 0 bridgehead atoms. The molecule has 3 aromatic rings. The maximum absolute atomic E-state index is 12.4. The molecule has 2 N–H and O–H groups in total. The van der Waals surface area contributed by atoms with E-state index >= 15 is 0 Å². The maximum atomic E-state index is 12.4. The van der Waals surface area contributed by atoms with Gasteiger partial charge in [-0.1, -0.05) is 0 Å². The van der Waals surface area contributed by atoms with Gasteiger partial charge in [0.15, 0.2) is 0 Å². The quantitative estimate of drug-likeness (QED) is 0.416. The standard InChI is InChI=1S/C29H37N7O3/c1-29(2,3)39-28(37)35-12-9-22(10-13-35)36-19-21(17-33-36)27(30)23-15-24(20-7-6-11-31-16-20)32-18-25(23)34-26-8-4-5-14-38-26/h6-7,11,15-19,22,26,30,34H,4-5,8-10,12-14H2,1-3H3. The van der Waals surface area contributed by atoms with Crippen molar-refractivity contribution in [2.45, 2.75) is 70.7 Å². The van der Waals surface area contributed by atoms with Gasteiger partial charge >= 0.3 is 6.09 Å². The molecule has 1 unspecified atom stereocenters. The molecule has 1 amide bonds. The van der Waals surface area contributed by atoms with Crippen LogP contribution >= 0.6 is 0 Å². The van der Waals surface area contributed by atoms with Gasteiger partial charge in [0.1, 0.15) is 11.8 Å². The van der Waals surface area contributed by atoms with E-state index in [0.717, 1.165) is 66.8 Å². The first-order valence-electron chi connectivity index (χ1n) is 13.7. The average Bonchev–Trinajstić information content (AvgIpc) is 3.44. The van der Waals surface area contributed by atoms with Crippen molar-refractivity contribution in [1.29, 1.82) is 5.41 Å². The Morgan fingerprint density at radius 3 is 2.67 bits per heavy atom. The van der Waals surface area contributed by atoms with Crippen LogP contribution in [-0.2, 0) is 9.47 Å². The largest absolute Gasteiger partial charge is 0.444 e. The highest BCUT2D eigenvalue weighted by Crippen LogP contribution is 2.28. The van der Waals surface area contributed by atoms with E-state index < -0.39 is 5.60 Å². The molecule has 206 valence electrons. The monoisotopic (exact) mass is 531 g/mol. The fourth-order valence-corrected chi connectivity index (χ4v) is 4.94. The Morgan fingerprint density at radius 2 is 1.97 bits per heavy atom. The molecular formula is C29H37N7O3. The van der Waals surface area contributed by atoms with Crippen molar-refractivity contribution >= 4 is 17.5 Å². The molecule has 3 aromatic heterocycles. The number of hydrogen-bond donors (Lipinski definition) is 2. The van der Waals surface area contributed by atoms with Gasteiger partial charge in [-0.15, -0.1) is 0 Å². The zero-order valence-electron chi connectivity index (χ0n) is 22.9. The topological polar surface area (TPSA) is 118 Å². The van der Waals surface area contributed by atoms with Gasteiger partial charge in [0, 0.05) is 55.0 Å². The van der Waals surface area contributed by atoms with Crippen LogP contribution < -0.4 is 5.32 Å². The van der Waals surface area contributed by atoms with Crippen molar-refractivity contribution in [3.63, 3.8) is 0 Å². The first-order valence-corrected chi connectivity index (χ1v) is 13.7. The number of likely N-dealkylation sites (tertiary alicyclic amines) is 1. The molecule has 1 atom stereocenters. The van der Waals surface area contributed by atoms with E-state index in [1.54, 1.807) is 29.7 Å². The predicted octanol–water partition coefficient (Wildman–Crippen LogP) is 5.27. The molecular weight excluding hydrogens is 494 g/mol. The summed E-state index contributed by atoms with van der Waals surface area (Å²) < 4.78 is 13.3. The Kier molecular flexibility index (Phi) is 7.92. The van der Waals surface area contributed by atoms with Crippen molar-refractivity contribution in [2.24, 2.45) is 0 Å². The molecule has 0 aliphatic carbocycles. The van der Waals surface area contributed by atoms with Crippen LogP contribution in [0.5, 0.6) is 0 Å². The third-order valence-electron chi connectivity index (χ3n) is 7.01. The molecule has 10 heteroatoms. The van der Waals surface area contributed by atoms with Gasteiger partial charge in [0.2, 0.25) is 0 Å². The number of piperidine rings is 1. The summed E-state index contributed by atoms with van der Waals surface area (Å²) in [7, 11) is 0. The zero-order chi connectivity index (χ0) is 27.4. The Hall–Kier alpha value is -3.79. The van der Waals surface area contributed by atoms with Crippen LogP contribution in [0, 0.1) is 5.41 Å². The Bertz CT molecular complexity index is 1290. The van der Waals surface area contributed by atoms with E-state index in [9.17, 15) is 4.79 Å². The van der Waals surface area contributed by atoms with Crippen LogP contribution in [0.4, 0.5) is 10.5 Å². The lowest BCUT2D eigenvalue weighted by Crippen LogP contribution is -2.42. The number of carbonyl (C=O) groups is 1. The Balaban J connectivity index is 1.33. The second kappa shape index (κ2) is 11.5. The van der Waals surface area contributed by atoms with E-state index in [4.69, 9.17) is 14.9 Å². The Labute approximate surface area is 229 Å². The molecule has 39 heavy (non-hydrogen) atoms. The highest BCUT2D eigenvalue weighted by Gasteiger charge is 2.28. The van der Waals surface area contributed by atoms with Crippen LogP contribution in [0.25, 0.3) is 11.3 Å². The number of hydrogen-bond acceptors (Lipinski definition) is 8. The summed E-state index contributed by atoms with van der Waals surface area (Å²) in [5, 5.41) is 17.2. The fourth-order valence-electron chi connectivity index (χ4n) is 4.94. The second-order valence-electron chi connectivity index (χ2n) is 11.1. The van der Waals surface area contributed by atoms with Gasteiger partial charge in [-0.3, -0.25) is 20.1 Å². The minimum atomic E-state index is -0.508. The minimum absolute atomic E-state index is 0.103. The minimum Gasteiger partial charge on any atom is -0.444 e. The van der Waals surface area contributed by atoms with Gasteiger partial charge < -0.3 is 19.7 Å². The third-order valence-corrected chi connectivity index (χ3v) is 7.01. The molecule has 2 fully saturated rings. The number of ether oxygens (including phenoxy) is 2. The normalized spacial score (nSPS) is 18.5. The molecule has 2 aliphatic heterocycles. The maximum Gasteiger partial charge on any atom is 0.410 e. The summed E-state index contributed by atoms with van der Waals surface area (Å²) in [6.45, 7) is 7.59. The number of aromatic nitrogens is 4. The van der Waals surface area contributed by atoms with E-state index in [-0.39, 0.29) is 18.4 Å². The number of carbonyl (C=O) groups excluding carboxylic acids is 1. The molecule has 5 rings (SSSR count). The molecule has 2 aliphatic rings. The summed E-state index contributed by atoms with van der Waals surface area (Å²) in [6, 6.07) is 5.92. The number of amides is 1. The molecule has 5 heterocycles. The molecule has 0 aromatic carbocycles. The van der Waals surface area contributed by atoms with Crippen molar-refractivity contribution in [2.75, 3.05) is 25.0 Å². The predicted molar refractivity (Wildman–Crippen MR) is 149 cm³/mol. The first-order chi connectivity index (χ1) is 18.8. The van der Waals surface area contributed by atoms with Gasteiger partial charge in [-0.2, -0.15) is 5.10 Å². The van der Waals surface area contributed by atoms with Crippen LogP contribution in [0.3, 0.4) is 0 Å². The van der Waals surface area contributed by atoms with Crippen LogP contribution in [-0.4, -0.2) is 68.0 Å². The second-order valence-corrected chi connectivity index (χ2v) is 11.1. The van der Waals surface area contributed by atoms with Crippen molar-refractivity contribution in [1.82, 2.24) is 24.6 Å². The van der Waals surface area contributed by atoms with Crippen molar-refractivity contribution in [3.05, 3.63) is 60.3 Å². The lowest BCUT2D eigenvalue weighted by atomic mass is 10.0. The summed E-state index contributed by atoms with van der Waals surface area (Å²) in [6.07, 6.45) is 13.2. The molecule has 0 radical (unpaired) electrons. The third kappa shape index (κ3) is 6.62. The van der Waals surface area contributed by atoms with E-state index in [2.05, 4.69) is 20.4 Å². The molecule has 0 saturated carbocycles. The van der Waals surface area contributed by atoms with E-state index in [1.807, 2.05) is 49.8 Å². The lowest BCUT2D eigenvalue weighted by Gasteiger charge is -2.33. The number of nitrogens with zero attached hydrogens (tertiary/aromatic N) is 5. The van der Waals surface area contributed by atoms with Gasteiger partial charge in [0.05, 0.1) is 35.5 Å². The highest BCUT2D eigenvalue weighted by atomic mass is 16.6. The number of anilines is 1. The van der Waals surface area contributed by atoms with Crippen LogP contribution in [0.2, 0.25) is 0 Å².